The molecule has 1 unspecified atom stereocenters. The molecule has 0 aromatic heterocycles. The highest BCUT2D eigenvalue weighted by Gasteiger charge is 2.37. The van der Waals surface area contributed by atoms with Gasteiger partial charge in [-0.1, -0.05) is 13.8 Å². The van der Waals surface area contributed by atoms with E-state index in [4.69, 9.17) is 0 Å². The number of hydrogen-bond acceptors (Lipinski definition) is 3. The first kappa shape index (κ1) is 15.8. The van der Waals surface area contributed by atoms with Crippen molar-refractivity contribution < 1.29 is 4.79 Å². The van der Waals surface area contributed by atoms with E-state index in [0.717, 1.165) is 36.3 Å². The van der Waals surface area contributed by atoms with Gasteiger partial charge in [0.1, 0.15) is 0 Å². The Kier molecular flexibility index (Phi) is 4.57. The molecule has 1 fully saturated rings. The number of aryl methyl sites for hydroxylation is 1. The minimum Gasteiger partial charge on any atom is -0.378 e. The summed E-state index contributed by atoms with van der Waals surface area (Å²) < 4.78 is 0. The molecule has 1 heterocycles. The topological polar surface area (TPSA) is 44.4 Å². The fourth-order valence-electron chi connectivity index (χ4n) is 2.93. The van der Waals surface area contributed by atoms with Crippen LogP contribution in [0.3, 0.4) is 0 Å². The molecule has 0 aliphatic carbocycles. The van der Waals surface area contributed by atoms with Gasteiger partial charge in [-0.15, -0.1) is 0 Å². The summed E-state index contributed by atoms with van der Waals surface area (Å²) in [5, 5.41) is 6.44. The number of rotatable bonds is 3. The second-order valence-electron chi connectivity index (χ2n) is 6.86. The van der Waals surface area contributed by atoms with Crippen LogP contribution < -0.4 is 15.5 Å². The molecule has 116 valence electrons. The van der Waals surface area contributed by atoms with Crippen molar-refractivity contribution in [3.05, 3.63) is 23.8 Å². The van der Waals surface area contributed by atoms with Gasteiger partial charge >= 0.3 is 0 Å². The second kappa shape index (κ2) is 6.06. The summed E-state index contributed by atoms with van der Waals surface area (Å²) in [6.07, 6.45) is 2.21. The van der Waals surface area contributed by atoms with Crippen LogP contribution in [0.5, 0.6) is 0 Å². The lowest BCUT2D eigenvalue weighted by Crippen LogP contribution is -2.53. The third-order valence-corrected chi connectivity index (χ3v) is 4.37. The highest BCUT2D eigenvalue weighted by Crippen LogP contribution is 2.31. The van der Waals surface area contributed by atoms with Gasteiger partial charge in [-0.05, 0) is 55.5 Å². The average Bonchev–Trinajstić information content (AvgIpc) is 2.40. The predicted octanol–water partition coefficient (Wildman–Crippen LogP) is 2.78. The summed E-state index contributed by atoms with van der Waals surface area (Å²) in [6, 6.07) is 5.98. The van der Waals surface area contributed by atoms with Crippen molar-refractivity contribution in [2.24, 2.45) is 5.41 Å². The number of nitrogens with zero attached hydrogens (tertiary/aromatic N) is 1. The molecular formula is C17H27N3O. The van der Waals surface area contributed by atoms with Crippen LogP contribution in [0.4, 0.5) is 11.4 Å². The molecule has 1 aromatic carbocycles. The van der Waals surface area contributed by atoms with Gasteiger partial charge in [0.05, 0.1) is 6.04 Å². The Balaban J connectivity index is 2.12. The number of anilines is 2. The molecule has 1 aliphatic heterocycles. The van der Waals surface area contributed by atoms with Gasteiger partial charge in [0.25, 0.3) is 0 Å². The van der Waals surface area contributed by atoms with Crippen LogP contribution in [0.15, 0.2) is 18.2 Å². The Morgan fingerprint density at radius 1 is 1.38 bits per heavy atom. The van der Waals surface area contributed by atoms with Gasteiger partial charge in [-0.25, -0.2) is 0 Å². The van der Waals surface area contributed by atoms with E-state index in [2.05, 4.69) is 35.4 Å². The van der Waals surface area contributed by atoms with Gasteiger partial charge in [0.2, 0.25) is 5.91 Å². The molecule has 1 atom stereocenters. The maximum Gasteiger partial charge on any atom is 0.242 e. The van der Waals surface area contributed by atoms with E-state index in [9.17, 15) is 4.79 Å². The van der Waals surface area contributed by atoms with Crippen molar-refractivity contribution in [3.63, 3.8) is 0 Å². The lowest BCUT2D eigenvalue weighted by atomic mass is 9.77. The Morgan fingerprint density at radius 3 is 2.67 bits per heavy atom. The lowest BCUT2D eigenvalue weighted by molar-refractivity contribution is -0.121. The van der Waals surface area contributed by atoms with Crippen LogP contribution in [-0.4, -0.2) is 32.6 Å². The quantitative estimate of drug-likeness (QED) is 0.899. The molecule has 21 heavy (non-hydrogen) atoms. The average molecular weight is 289 g/mol. The molecule has 0 spiro atoms. The van der Waals surface area contributed by atoms with Crippen molar-refractivity contribution in [2.45, 2.75) is 39.7 Å². The molecule has 1 aromatic rings. The Morgan fingerprint density at radius 2 is 2.10 bits per heavy atom. The molecule has 0 radical (unpaired) electrons. The number of benzene rings is 1. The molecule has 2 rings (SSSR count). The molecule has 1 saturated heterocycles. The van der Waals surface area contributed by atoms with Crippen LogP contribution in [0.2, 0.25) is 0 Å². The van der Waals surface area contributed by atoms with Crippen molar-refractivity contribution in [2.75, 3.05) is 30.9 Å². The molecule has 4 nitrogen and oxygen atoms in total. The molecule has 1 aliphatic rings. The third kappa shape index (κ3) is 3.56. The Bertz CT molecular complexity index is 523. The minimum atomic E-state index is -0.126. The summed E-state index contributed by atoms with van der Waals surface area (Å²) in [5.41, 5.74) is 3.12. The lowest BCUT2D eigenvalue weighted by Gasteiger charge is -2.38. The predicted molar refractivity (Wildman–Crippen MR) is 88.9 cm³/mol. The molecular weight excluding hydrogens is 262 g/mol. The van der Waals surface area contributed by atoms with Crippen LogP contribution in [0, 0.1) is 12.3 Å². The van der Waals surface area contributed by atoms with Gasteiger partial charge < -0.3 is 15.5 Å². The number of nitrogens with one attached hydrogen (secondary N) is 2. The zero-order valence-corrected chi connectivity index (χ0v) is 13.8. The van der Waals surface area contributed by atoms with Crippen LogP contribution in [0.1, 0.15) is 32.3 Å². The zero-order valence-electron chi connectivity index (χ0n) is 13.8. The molecule has 4 heteroatoms. The number of hydrogen-bond donors (Lipinski definition) is 2. The summed E-state index contributed by atoms with van der Waals surface area (Å²) in [6.45, 7) is 7.26. The zero-order chi connectivity index (χ0) is 15.6. The summed E-state index contributed by atoms with van der Waals surface area (Å²) in [5.74, 6) is 0.0698. The van der Waals surface area contributed by atoms with Gasteiger partial charge in [0.15, 0.2) is 0 Å². The first-order valence-corrected chi connectivity index (χ1v) is 7.63. The second-order valence-corrected chi connectivity index (χ2v) is 6.86. The molecule has 0 saturated carbocycles. The fraction of sp³-hybridized carbons (Fsp3) is 0.588. The molecule has 0 bridgehead atoms. The minimum absolute atomic E-state index is 0.000183. The fourth-order valence-corrected chi connectivity index (χ4v) is 2.93. The number of carbonyl (C=O) groups excluding carboxylic acids is 1. The number of piperidine rings is 1. The van der Waals surface area contributed by atoms with Crippen LogP contribution >= 0.6 is 0 Å². The van der Waals surface area contributed by atoms with E-state index in [1.807, 2.05) is 33.2 Å². The summed E-state index contributed by atoms with van der Waals surface area (Å²) in [4.78, 5) is 14.6. The standard InChI is InChI=1S/C17H27N3O/c1-12-11-13(20(4)5)7-8-14(12)19-16(21)15-17(2,3)9-6-10-18-15/h7-8,11,15,18H,6,9-10H2,1-5H3,(H,19,21). The first-order chi connectivity index (χ1) is 9.81. The van der Waals surface area contributed by atoms with E-state index in [1.54, 1.807) is 0 Å². The maximum atomic E-state index is 12.6. The van der Waals surface area contributed by atoms with Gasteiger partial charge in [-0.3, -0.25) is 4.79 Å². The van der Waals surface area contributed by atoms with Crippen LogP contribution in [-0.2, 0) is 4.79 Å². The summed E-state index contributed by atoms with van der Waals surface area (Å²) in [7, 11) is 4.03. The Labute approximate surface area is 127 Å². The smallest absolute Gasteiger partial charge is 0.242 e. The van der Waals surface area contributed by atoms with Crippen LogP contribution in [0.25, 0.3) is 0 Å². The van der Waals surface area contributed by atoms with Gasteiger partial charge in [0, 0.05) is 25.5 Å². The SMILES string of the molecule is Cc1cc(N(C)C)ccc1NC(=O)C1NCCCC1(C)C. The first-order valence-electron chi connectivity index (χ1n) is 7.63. The largest absolute Gasteiger partial charge is 0.378 e. The van der Waals surface area contributed by atoms with E-state index in [-0.39, 0.29) is 17.4 Å². The number of carbonyl (C=O) groups is 1. The van der Waals surface area contributed by atoms with E-state index in [1.165, 1.54) is 0 Å². The molecule has 2 N–H and O–H groups in total. The number of amides is 1. The molecule has 1 amide bonds. The van der Waals surface area contributed by atoms with E-state index < -0.39 is 0 Å². The third-order valence-electron chi connectivity index (χ3n) is 4.37. The Hall–Kier alpha value is -1.55. The van der Waals surface area contributed by atoms with Crippen molar-refractivity contribution in [1.82, 2.24) is 5.32 Å². The van der Waals surface area contributed by atoms with Crippen molar-refractivity contribution >= 4 is 17.3 Å². The highest BCUT2D eigenvalue weighted by molar-refractivity contribution is 5.96. The van der Waals surface area contributed by atoms with E-state index in [0.29, 0.717) is 0 Å². The monoisotopic (exact) mass is 289 g/mol. The highest BCUT2D eigenvalue weighted by atomic mass is 16.2. The summed E-state index contributed by atoms with van der Waals surface area (Å²) >= 11 is 0. The normalized spacial score (nSPS) is 20.9. The van der Waals surface area contributed by atoms with Crippen molar-refractivity contribution in [1.29, 1.82) is 0 Å². The van der Waals surface area contributed by atoms with Crippen molar-refractivity contribution in [3.8, 4) is 0 Å². The van der Waals surface area contributed by atoms with E-state index >= 15 is 0 Å². The van der Waals surface area contributed by atoms with Gasteiger partial charge in [-0.2, -0.15) is 0 Å². The maximum absolute atomic E-state index is 12.6.